The number of benzene rings is 1. The molecule has 2 rings (SSSR count). The summed E-state index contributed by atoms with van der Waals surface area (Å²) in [7, 11) is 0. The molecule has 0 aromatic heterocycles. The minimum Gasteiger partial charge on any atom is -0.436 e. The summed E-state index contributed by atoms with van der Waals surface area (Å²) >= 11 is 0. The standard InChI is InChI=1S/C31H48N2O5/c1-22(2)19-27(30(35)32-33(21-24(5)6)28(34)20-23(3)4)26(16-12-15-25-13-8-7-9-14-25)31(36)38-29-17-10-11-18-37-29/h7-9,12-15,22-24,26-27,29H,10-11,16-21H2,1-6H3,(H,32,35)/t26-,27+,29?/m0/s1. The van der Waals surface area contributed by atoms with Gasteiger partial charge in [0.2, 0.25) is 18.1 Å². The maximum absolute atomic E-state index is 13.8. The van der Waals surface area contributed by atoms with Gasteiger partial charge in [0.05, 0.1) is 18.4 Å². The molecule has 1 aliphatic rings. The Morgan fingerprint density at radius 3 is 2.29 bits per heavy atom. The van der Waals surface area contributed by atoms with Gasteiger partial charge in [-0.05, 0) is 49.0 Å². The first-order chi connectivity index (χ1) is 18.1. The van der Waals surface area contributed by atoms with Crippen molar-refractivity contribution in [1.29, 1.82) is 0 Å². The molecule has 1 heterocycles. The van der Waals surface area contributed by atoms with Crippen LogP contribution in [-0.4, -0.2) is 42.2 Å². The van der Waals surface area contributed by atoms with Gasteiger partial charge in [-0.2, -0.15) is 0 Å². The summed E-state index contributed by atoms with van der Waals surface area (Å²) in [6.07, 6.45) is 7.03. The van der Waals surface area contributed by atoms with Crippen LogP contribution in [-0.2, 0) is 23.9 Å². The Morgan fingerprint density at radius 2 is 1.71 bits per heavy atom. The Bertz CT molecular complexity index is 891. The van der Waals surface area contributed by atoms with Crippen LogP contribution in [0.4, 0.5) is 0 Å². The first-order valence-electron chi connectivity index (χ1n) is 14.2. The van der Waals surface area contributed by atoms with Crippen molar-refractivity contribution in [3.05, 3.63) is 42.0 Å². The zero-order chi connectivity index (χ0) is 28.1. The minimum atomic E-state index is -0.705. The summed E-state index contributed by atoms with van der Waals surface area (Å²) < 4.78 is 11.4. The smallest absolute Gasteiger partial charge is 0.312 e. The zero-order valence-electron chi connectivity index (χ0n) is 24.2. The molecule has 1 aliphatic heterocycles. The van der Waals surface area contributed by atoms with Gasteiger partial charge in [-0.3, -0.25) is 24.8 Å². The molecule has 1 aromatic rings. The molecule has 0 spiro atoms. The average molecular weight is 529 g/mol. The van der Waals surface area contributed by atoms with Gasteiger partial charge in [-0.15, -0.1) is 0 Å². The number of nitrogens with zero attached hydrogens (tertiary/aromatic N) is 1. The zero-order valence-corrected chi connectivity index (χ0v) is 24.2. The molecule has 38 heavy (non-hydrogen) atoms. The SMILES string of the molecule is CC(C)CC(=O)N(CC(C)C)NC(=O)[C@H](CC(C)C)[C@H](CC=Cc1ccccc1)C(=O)OC1CCCCO1. The number of carbonyl (C=O) groups is 3. The first kappa shape index (κ1) is 31.5. The van der Waals surface area contributed by atoms with Crippen molar-refractivity contribution in [3.8, 4) is 0 Å². The normalized spacial score (nSPS) is 17.6. The van der Waals surface area contributed by atoms with Crippen LogP contribution in [0.15, 0.2) is 36.4 Å². The third-order valence-electron chi connectivity index (χ3n) is 6.41. The molecule has 7 nitrogen and oxygen atoms in total. The fourth-order valence-corrected chi connectivity index (χ4v) is 4.57. The number of rotatable bonds is 13. The van der Waals surface area contributed by atoms with Crippen molar-refractivity contribution in [2.24, 2.45) is 29.6 Å². The Morgan fingerprint density at radius 1 is 1.00 bits per heavy atom. The third kappa shape index (κ3) is 11.4. The minimum absolute atomic E-state index is 0.121. The van der Waals surface area contributed by atoms with Gasteiger partial charge in [-0.1, -0.05) is 84.0 Å². The van der Waals surface area contributed by atoms with Crippen LogP contribution in [0.2, 0.25) is 0 Å². The number of carbonyl (C=O) groups excluding carboxylic acids is 3. The predicted molar refractivity (Wildman–Crippen MR) is 150 cm³/mol. The molecule has 2 amide bonds. The average Bonchev–Trinajstić information content (AvgIpc) is 2.85. The molecule has 1 N–H and O–H groups in total. The van der Waals surface area contributed by atoms with E-state index in [0.717, 1.165) is 18.4 Å². The van der Waals surface area contributed by atoms with Gasteiger partial charge >= 0.3 is 5.97 Å². The lowest BCUT2D eigenvalue weighted by Crippen LogP contribution is -2.52. The number of amides is 2. The van der Waals surface area contributed by atoms with Gasteiger partial charge in [0, 0.05) is 19.4 Å². The van der Waals surface area contributed by atoms with E-state index in [1.807, 2.05) is 84.0 Å². The molecule has 0 radical (unpaired) electrons. The summed E-state index contributed by atoms with van der Waals surface area (Å²) in [6.45, 7) is 13.0. The molecule has 0 saturated carbocycles. The Labute approximate surface area is 229 Å². The highest BCUT2D eigenvalue weighted by Gasteiger charge is 2.37. The number of hydrogen-bond acceptors (Lipinski definition) is 5. The van der Waals surface area contributed by atoms with Crippen molar-refractivity contribution >= 4 is 23.9 Å². The Balaban J connectivity index is 2.30. The van der Waals surface area contributed by atoms with Crippen LogP contribution < -0.4 is 5.43 Å². The highest BCUT2D eigenvalue weighted by Crippen LogP contribution is 2.28. The van der Waals surface area contributed by atoms with E-state index in [2.05, 4.69) is 5.43 Å². The van der Waals surface area contributed by atoms with Gasteiger partial charge in [0.25, 0.3) is 0 Å². The number of hydrazine groups is 1. The highest BCUT2D eigenvalue weighted by molar-refractivity contribution is 5.87. The lowest BCUT2D eigenvalue weighted by Gasteiger charge is -2.32. The van der Waals surface area contributed by atoms with Crippen LogP contribution in [0.5, 0.6) is 0 Å². The second kappa shape index (κ2) is 16.3. The highest BCUT2D eigenvalue weighted by atomic mass is 16.7. The Hall–Kier alpha value is -2.67. The lowest BCUT2D eigenvalue weighted by molar-refractivity contribution is -0.193. The molecule has 212 valence electrons. The van der Waals surface area contributed by atoms with E-state index in [9.17, 15) is 14.4 Å². The van der Waals surface area contributed by atoms with Crippen molar-refractivity contribution in [2.45, 2.75) is 86.4 Å². The molecule has 1 saturated heterocycles. The first-order valence-corrected chi connectivity index (χ1v) is 14.2. The van der Waals surface area contributed by atoms with Gasteiger partial charge < -0.3 is 9.47 Å². The summed E-state index contributed by atoms with van der Waals surface area (Å²) in [4.78, 5) is 40.2. The van der Waals surface area contributed by atoms with E-state index in [1.165, 1.54) is 5.01 Å². The van der Waals surface area contributed by atoms with Crippen molar-refractivity contribution < 1.29 is 23.9 Å². The molecule has 1 aromatic carbocycles. The van der Waals surface area contributed by atoms with Crippen molar-refractivity contribution in [1.82, 2.24) is 10.4 Å². The third-order valence-corrected chi connectivity index (χ3v) is 6.41. The monoisotopic (exact) mass is 528 g/mol. The fraction of sp³-hybridized carbons (Fsp3) is 0.645. The van der Waals surface area contributed by atoms with E-state index in [-0.39, 0.29) is 29.6 Å². The molecule has 3 atom stereocenters. The molecule has 0 bridgehead atoms. The van der Waals surface area contributed by atoms with Gasteiger partial charge in [-0.25, -0.2) is 0 Å². The summed E-state index contributed by atoms with van der Waals surface area (Å²) in [5.74, 6) is -1.73. The van der Waals surface area contributed by atoms with E-state index < -0.39 is 24.1 Å². The van der Waals surface area contributed by atoms with E-state index in [4.69, 9.17) is 9.47 Å². The van der Waals surface area contributed by atoms with Gasteiger partial charge in [0.15, 0.2) is 0 Å². The second-order valence-corrected chi connectivity index (χ2v) is 11.6. The predicted octanol–water partition coefficient (Wildman–Crippen LogP) is 6.00. The topological polar surface area (TPSA) is 84.9 Å². The van der Waals surface area contributed by atoms with Crippen LogP contribution in [0.1, 0.15) is 85.6 Å². The van der Waals surface area contributed by atoms with Crippen LogP contribution in [0.3, 0.4) is 0 Å². The largest absolute Gasteiger partial charge is 0.436 e. The van der Waals surface area contributed by atoms with Crippen LogP contribution >= 0.6 is 0 Å². The number of esters is 1. The van der Waals surface area contributed by atoms with Gasteiger partial charge in [0.1, 0.15) is 0 Å². The molecule has 7 heteroatoms. The number of ether oxygens (including phenoxy) is 2. The number of allylic oxidation sites excluding steroid dienone is 1. The Kier molecular flexibility index (Phi) is 13.6. The van der Waals surface area contributed by atoms with E-state index >= 15 is 0 Å². The maximum Gasteiger partial charge on any atom is 0.312 e. The molecule has 1 unspecified atom stereocenters. The second-order valence-electron chi connectivity index (χ2n) is 11.6. The van der Waals surface area contributed by atoms with Crippen LogP contribution in [0.25, 0.3) is 6.08 Å². The quantitative estimate of drug-likeness (QED) is 0.251. The summed E-state index contributed by atoms with van der Waals surface area (Å²) in [5.41, 5.74) is 3.90. The number of nitrogens with one attached hydrogen (secondary N) is 1. The van der Waals surface area contributed by atoms with E-state index in [1.54, 1.807) is 0 Å². The molecule has 1 fully saturated rings. The lowest BCUT2D eigenvalue weighted by atomic mass is 9.82. The van der Waals surface area contributed by atoms with Crippen LogP contribution in [0, 0.1) is 29.6 Å². The molecular formula is C31H48N2O5. The van der Waals surface area contributed by atoms with Crippen molar-refractivity contribution in [2.75, 3.05) is 13.2 Å². The maximum atomic E-state index is 13.8. The number of hydrogen-bond donors (Lipinski definition) is 1. The summed E-state index contributed by atoms with van der Waals surface area (Å²) in [5, 5.41) is 1.44. The molecule has 0 aliphatic carbocycles. The summed E-state index contributed by atoms with van der Waals surface area (Å²) in [6, 6.07) is 9.84. The fourth-order valence-electron chi connectivity index (χ4n) is 4.57. The van der Waals surface area contributed by atoms with E-state index in [0.29, 0.717) is 38.8 Å². The molecular weight excluding hydrogens is 480 g/mol. The van der Waals surface area contributed by atoms with Crippen molar-refractivity contribution in [3.63, 3.8) is 0 Å².